The fourth-order valence-electron chi connectivity index (χ4n) is 1.66. The van der Waals surface area contributed by atoms with E-state index in [-0.39, 0.29) is 0 Å². The summed E-state index contributed by atoms with van der Waals surface area (Å²) in [6.07, 6.45) is 2.27. The van der Waals surface area contributed by atoms with Crippen LogP contribution < -0.4 is 5.32 Å². The van der Waals surface area contributed by atoms with Gasteiger partial charge < -0.3 is 5.32 Å². The van der Waals surface area contributed by atoms with Crippen LogP contribution in [0.2, 0.25) is 0 Å². The molecule has 0 fully saturated rings. The van der Waals surface area contributed by atoms with Gasteiger partial charge in [-0.1, -0.05) is 25.5 Å². The third-order valence-electron chi connectivity index (χ3n) is 2.60. The average Bonchev–Trinajstić information content (AvgIpc) is 2.95. The van der Waals surface area contributed by atoms with Gasteiger partial charge in [0.05, 0.1) is 0 Å². The molecule has 2 heterocycles. The molecule has 18 heavy (non-hydrogen) atoms. The van der Waals surface area contributed by atoms with Crippen molar-refractivity contribution in [2.24, 2.45) is 0 Å². The molecule has 0 aliphatic carbocycles. The summed E-state index contributed by atoms with van der Waals surface area (Å²) in [4.78, 5) is 2.69. The van der Waals surface area contributed by atoms with Gasteiger partial charge in [0, 0.05) is 27.9 Å². The minimum absolute atomic E-state index is 0.540. The van der Waals surface area contributed by atoms with Gasteiger partial charge in [-0.15, -0.1) is 22.7 Å². The Labute approximate surface area is 117 Å². The van der Waals surface area contributed by atoms with E-state index in [2.05, 4.69) is 61.1 Å². The summed E-state index contributed by atoms with van der Waals surface area (Å²) < 4.78 is 0. The summed E-state index contributed by atoms with van der Waals surface area (Å²) in [5.41, 5.74) is 2.72. The predicted molar refractivity (Wildman–Crippen MR) is 84.4 cm³/mol. The molecule has 0 atom stereocenters. The Morgan fingerprint density at radius 3 is 2.89 bits per heavy atom. The summed E-state index contributed by atoms with van der Waals surface area (Å²) in [5.74, 6) is 0. The molecule has 0 saturated carbocycles. The first kappa shape index (κ1) is 13.5. The highest BCUT2D eigenvalue weighted by Crippen LogP contribution is 2.30. The summed E-state index contributed by atoms with van der Waals surface area (Å²) >= 11 is 3.61. The Balaban J connectivity index is 2.04. The van der Waals surface area contributed by atoms with E-state index in [4.69, 9.17) is 0 Å². The molecule has 1 nitrogen and oxygen atoms in total. The maximum atomic E-state index is 3.44. The van der Waals surface area contributed by atoms with Crippen LogP contribution in [-0.4, -0.2) is 12.6 Å². The summed E-state index contributed by atoms with van der Waals surface area (Å²) in [5, 5.41) is 7.80. The monoisotopic (exact) mass is 277 g/mol. The fraction of sp³-hybridized carbons (Fsp3) is 0.333. The number of thiophene rings is 2. The highest BCUT2D eigenvalue weighted by atomic mass is 32.1. The largest absolute Gasteiger partial charge is 0.311 e. The van der Waals surface area contributed by atoms with Crippen LogP contribution in [0, 0.1) is 0 Å². The molecule has 2 aromatic heterocycles. The lowest BCUT2D eigenvalue weighted by Gasteiger charge is -2.07. The van der Waals surface area contributed by atoms with Crippen molar-refractivity contribution in [1.29, 1.82) is 0 Å². The molecule has 0 aromatic carbocycles. The second-order valence-corrected chi connectivity index (χ2v) is 6.63. The SMILES string of the molecule is CC(=Cc1cc(-c2cccs2)cs1)CNC(C)C. The van der Waals surface area contributed by atoms with Gasteiger partial charge in [-0.3, -0.25) is 0 Å². The predicted octanol–water partition coefficient (Wildman–Crippen LogP) is 4.88. The zero-order valence-corrected chi connectivity index (χ0v) is 12.7. The van der Waals surface area contributed by atoms with Crippen LogP contribution in [0.3, 0.4) is 0 Å². The first-order valence-electron chi connectivity index (χ1n) is 6.18. The number of hydrogen-bond acceptors (Lipinski definition) is 3. The van der Waals surface area contributed by atoms with E-state index < -0.39 is 0 Å². The van der Waals surface area contributed by atoms with Crippen LogP contribution >= 0.6 is 22.7 Å². The molecule has 0 amide bonds. The Kier molecular flexibility index (Phi) is 4.75. The zero-order valence-electron chi connectivity index (χ0n) is 11.1. The quantitative estimate of drug-likeness (QED) is 0.821. The van der Waals surface area contributed by atoms with Crippen molar-refractivity contribution in [3.63, 3.8) is 0 Å². The molecule has 0 aliphatic rings. The average molecular weight is 277 g/mol. The Morgan fingerprint density at radius 1 is 1.39 bits per heavy atom. The van der Waals surface area contributed by atoms with Crippen LogP contribution in [0.1, 0.15) is 25.6 Å². The van der Waals surface area contributed by atoms with E-state index in [9.17, 15) is 0 Å². The van der Waals surface area contributed by atoms with E-state index in [0.717, 1.165) is 6.54 Å². The molecule has 2 rings (SSSR count). The van der Waals surface area contributed by atoms with E-state index in [0.29, 0.717) is 6.04 Å². The second-order valence-electron chi connectivity index (χ2n) is 4.74. The second kappa shape index (κ2) is 6.32. The van der Waals surface area contributed by atoms with Gasteiger partial charge in [-0.2, -0.15) is 0 Å². The molecule has 3 heteroatoms. The Hall–Kier alpha value is -0.900. The highest BCUT2D eigenvalue weighted by molar-refractivity contribution is 7.15. The molecule has 2 aromatic rings. The maximum Gasteiger partial charge on any atom is 0.0351 e. The van der Waals surface area contributed by atoms with Crippen molar-refractivity contribution in [2.45, 2.75) is 26.8 Å². The summed E-state index contributed by atoms with van der Waals surface area (Å²) in [6, 6.07) is 7.09. The van der Waals surface area contributed by atoms with Crippen molar-refractivity contribution in [3.8, 4) is 10.4 Å². The number of nitrogens with one attached hydrogen (secondary N) is 1. The molecule has 0 bridgehead atoms. The molecule has 0 unspecified atom stereocenters. The van der Waals surface area contributed by atoms with E-state index in [1.165, 1.54) is 20.9 Å². The Bertz CT molecular complexity index is 506. The van der Waals surface area contributed by atoms with Gasteiger partial charge in [0.1, 0.15) is 0 Å². The Morgan fingerprint density at radius 2 is 2.22 bits per heavy atom. The minimum atomic E-state index is 0.540. The van der Waals surface area contributed by atoms with Crippen LogP contribution in [0.4, 0.5) is 0 Å². The van der Waals surface area contributed by atoms with Gasteiger partial charge in [0.2, 0.25) is 0 Å². The van der Waals surface area contributed by atoms with Gasteiger partial charge in [0.15, 0.2) is 0 Å². The lowest BCUT2D eigenvalue weighted by molar-refractivity contribution is 0.623. The maximum absolute atomic E-state index is 3.44. The third-order valence-corrected chi connectivity index (χ3v) is 4.40. The molecule has 0 radical (unpaired) electrons. The first-order chi connectivity index (χ1) is 8.65. The van der Waals surface area contributed by atoms with E-state index >= 15 is 0 Å². The van der Waals surface area contributed by atoms with Crippen molar-refractivity contribution in [3.05, 3.63) is 39.4 Å². The molecule has 96 valence electrons. The van der Waals surface area contributed by atoms with Crippen molar-refractivity contribution < 1.29 is 0 Å². The van der Waals surface area contributed by atoms with E-state index in [1.54, 1.807) is 11.3 Å². The topological polar surface area (TPSA) is 12.0 Å². The van der Waals surface area contributed by atoms with Crippen molar-refractivity contribution in [2.75, 3.05) is 6.54 Å². The van der Waals surface area contributed by atoms with Gasteiger partial charge in [-0.25, -0.2) is 0 Å². The molecule has 0 aliphatic heterocycles. The highest BCUT2D eigenvalue weighted by Gasteiger charge is 2.02. The lowest BCUT2D eigenvalue weighted by Crippen LogP contribution is -2.24. The first-order valence-corrected chi connectivity index (χ1v) is 7.94. The summed E-state index contributed by atoms with van der Waals surface area (Å²) in [6.45, 7) is 7.49. The third kappa shape index (κ3) is 3.80. The molecule has 1 N–H and O–H groups in total. The molecular weight excluding hydrogens is 258 g/mol. The van der Waals surface area contributed by atoms with Crippen molar-refractivity contribution >= 4 is 28.7 Å². The molecular formula is C15H19NS2. The molecule has 0 spiro atoms. The molecule has 0 saturated heterocycles. The van der Waals surface area contributed by atoms with E-state index in [1.807, 2.05) is 11.3 Å². The minimum Gasteiger partial charge on any atom is -0.311 e. The normalized spacial score (nSPS) is 12.3. The van der Waals surface area contributed by atoms with Crippen LogP contribution in [0.5, 0.6) is 0 Å². The number of rotatable bonds is 5. The van der Waals surface area contributed by atoms with Crippen LogP contribution in [0.25, 0.3) is 16.5 Å². The van der Waals surface area contributed by atoms with Crippen molar-refractivity contribution in [1.82, 2.24) is 5.32 Å². The standard InChI is InChI=1S/C15H19NS2/c1-11(2)16-9-12(3)7-14-8-13(10-18-14)15-5-4-6-17-15/h4-8,10-11,16H,9H2,1-3H3. The van der Waals surface area contributed by atoms with Crippen LogP contribution in [-0.2, 0) is 0 Å². The zero-order chi connectivity index (χ0) is 13.0. The van der Waals surface area contributed by atoms with Gasteiger partial charge in [-0.05, 0) is 35.9 Å². The van der Waals surface area contributed by atoms with Gasteiger partial charge >= 0.3 is 0 Å². The fourth-order valence-corrected chi connectivity index (χ4v) is 3.37. The van der Waals surface area contributed by atoms with Gasteiger partial charge in [0.25, 0.3) is 0 Å². The number of hydrogen-bond donors (Lipinski definition) is 1. The smallest absolute Gasteiger partial charge is 0.0351 e. The summed E-state index contributed by atoms with van der Waals surface area (Å²) in [7, 11) is 0. The van der Waals surface area contributed by atoms with Crippen LogP contribution in [0.15, 0.2) is 34.5 Å². The lowest BCUT2D eigenvalue weighted by atomic mass is 10.2.